The van der Waals surface area contributed by atoms with Crippen molar-refractivity contribution in [1.82, 2.24) is 9.78 Å². The number of hydrogen-bond donors (Lipinski definition) is 2. The van der Waals surface area contributed by atoms with Crippen LogP contribution < -0.4 is 10.9 Å². The van der Waals surface area contributed by atoms with E-state index in [1.54, 1.807) is 6.20 Å². The molecule has 0 saturated carbocycles. The molecule has 0 fully saturated rings. The SMILES string of the molecule is CCCn1ncc(NC(C)(C)CCO)c(Cl)c1=O. The molecule has 0 bridgehead atoms. The summed E-state index contributed by atoms with van der Waals surface area (Å²) in [7, 11) is 0. The van der Waals surface area contributed by atoms with Crippen molar-refractivity contribution in [2.24, 2.45) is 0 Å². The molecule has 5 nitrogen and oxygen atoms in total. The average Bonchev–Trinajstić information content (AvgIpc) is 2.29. The molecule has 0 spiro atoms. The Balaban J connectivity index is 2.99. The summed E-state index contributed by atoms with van der Waals surface area (Å²) in [5, 5.41) is 16.3. The molecule has 1 heterocycles. The van der Waals surface area contributed by atoms with Crippen LogP contribution in [-0.4, -0.2) is 27.0 Å². The normalized spacial score (nSPS) is 11.6. The Morgan fingerprint density at radius 3 is 2.78 bits per heavy atom. The molecular weight excluding hydrogens is 254 g/mol. The van der Waals surface area contributed by atoms with Crippen molar-refractivity contribution >= 4 is 17.3 Å². The number of aryl methyl sites for hydroxylation is 1. The number of anilines is 1. The van der Waals surface area contributed by atoms with Gasteiger partial charge < -0.3 is 10.4 Å². The Morgan fingerprint density at radius 2 is 2.22 bits per heavy atom. The van der Waals surface area contributed by atoms with Crippen LogP contribution in [0.15, 0.2) is 11.0 Å². The average molecular weight is 274 g/mol. The molecule has 0 amide bonds. The van der Waals surface area contributed by atoms with E-state index in [9.17, 15) is 4.79 Å². The molecule has 0 atom stereocenters. The molecule has 18 heavy (non-hydrogen) atoms. The van der Waals surface area contributed by atoms with Crippen molar-refractivity contribution in [3.63, 3.8) is 0 Å². The van der Waals surface area contributed by atoms with Crippen molar-refractivity contribution in [2.45, 2.75) is 45.7 Å². The second-order valence-corrected chi connectivity index (χ2v) is 5.26. The van der Waals surface area contributed by atoms with Crippen molar-refractivity contribution in [1.29, 1.82) is 0 Å². The summed E-state index contributed by atoms with van der Waals surface area (Å²) >= 11 is 6.04. The van der Waals surface area contributed by atoms with Crippen LogP contribution in [0, 0.1) is 0 Å². The summed E-state index contributed by atoms with van der Waals surface area (Å²) in [5.74, 6) is 0. The molecule has 2 N–H and O–H groups in total. The smallest absolute Gasteiger partial charge is 0.287 e. The van der Waals surface area contributed by atoms with Crippen LogP contribution in [0.2, 0.25) is 5.02 Å². The van der Waals surface area contributed by atoms with Gasteiger partial charge in [0.2, 0.25) is 0 Å². The first-order valence-electron chi connectivity index (χ1n) is 6.06. The van der Waals surface area contributed by atoms with E-state index in [2.05, 4.69) is 10.4 Å². The number of rotatable bonds is 6. The Labute approximate surface area is 112 Å². The van der Waals surface area contributed by atoms with Crippen LogP contribution in [0.5, 0.6) is 0 Å². The van der Waals surface area contributed by atoms with E-state index in [1.165, 1.54) is 4.68 Å². The van der Waals surface area contributed by atoms with Gasteiger partial charge in [-0.3, -0.25) is 4.79 Å². The van der Waals surface area contributed by atoms with Gasteiger partial charge in [0, 0.05) is 18.7 Å². The van der Waals surface area contributed by atoms with Gasteiger partial charge in [-0.25, -0.2) is 4.68 Å². The number of aliphatic hydroxyl groups excluding tert-OH is 1. The summed E-state index contributed by atoms with van der Waals surface area (Å²) < 4.78 is 1.35. The first-order chi connectivity index (χ1) is 8.41. The lowest BCUT2D eigenvalue weighted by Crippen LogP contribution is -2.34. The predicted octanol–water partition coefficient (Wildman–Crippen LogP) is 1.88. The third-order valence-electron chi connectivity index (χ3n) is 2.63. The first-order valence-corrected chi connectivity index (χ1v) is 6.43. The zero-order chi connectivity index (χ0) is 13.8. The number of halogens is 1. The molecule has 6 heteroatoms. The van der Waals surface area contributed by atoms with Crippen LogP contribution in [0.4, 0.5) is 5.69 Å². The molecule has 1 aromatic heterocycles. The topological polar surface area (TPSA) is 67.2 Å². The van der Waals surface area contributed by atoms with Gasteiger partial charge in [0.1, 0.15) is 5.02 Å². The fourth-order valence-electron chi connectivity index (χ4n) is 1.63. The number of nitrogens with zero attached hydrogens (tertiary/aromatic N) is 2. The Morgan fingerprint density at radius 1 is 1.56 bits per heavy atom. The zero-order valence-electron chi connectivity index (χ0n) is 11.0. The molecule has 0 saturated heterocycles. The van der Waals surface area contributed by atoms with Gasteiger partial charge in [-0.2, -0.15) is 5.10 Å². The summed E-state index contributed by atoms with van der Waals surface area (Å²) in [4.78, 5) is 11.9. The van der Waals surface area contributed by atoms with Crippen molar-refractivity contribution < 1.29 is 5.11 Å². The monoisotopic (exact) mass is 273 g/mol. The fraction of sp³-hybridized carbons (Fsp3) is 0.667. The van der Waals surface area contributed by atoms with Gasteiger partial charge in [-0.1, -0.05) is 18.5 Å². The van der Waals surface area contributed by atoms with E-state index in [0.29, 0.717) is 18.7 Å². The third kappa shape index (κ3) is 3.71. The zero-order valence-corrected chi connectivity index (χ0v) is 11.8. The van der Waals surface area contributed by atoms with Crippen LogP contribution >= 0.6 is 11.6 Å². The van der Waals surface area contributed by atoms with Crippen LogP contribution in [-0.2, 0) is 6.54 Å². The third-order valence-corrected chi connectivity index (χ3v) is 3.00. The highest BCUT2D eigenvalue weighted by atomic mass is 35.5. The van der Waals surface area contributed by atoms with E-state index in [4.69, 9.17) is 16.7 Å². The van der Waals surface area contributed by atoms with Crippen molar-refractivity contribution in [3.05, 3.63) is 21.6 Å². The lowest BCUT2D eigenvalue weighted by Gasteiger charge is -2.27. The maximum atomic E-state index is 11.9. The van der Waals surface area contributed by atoms with E-state index in [-0.39, 0.29) is 22.7 Å². The van der Waals surface area contributed by atoms with Gasteiger partial charge in [-0.15, -0.1) is 0 Å². The molecule has 0 aromatic carbocycles. The van der Waals surface area contributed by atoms with E-state index in [1.807, 2.05) is 20.8 Å². The summed E-state index contributed by atoms with van der Waals surface area (Å²) in [6.45, 7) is 6.45. The number of hydrogen-bond acceptors (Lipinski definition) is 4. The number of aliphatic hydroxyl groups is 1. The maximum Gasteiger partial charge on any atom is 0.287 e. The highest BCUT2D eigenvalue weighted by Crippen LogP contribution is 2.22. The van der Waals surface area contributed by atoms with Gasteiger partial charge in [0.15, 0.2) is 0 Å². The van der Waals surface area contributed by atoms with E-state index < -0.39 is 0 Å². The molecular formula is C12H20ClN3O2. The van der Waals surface area contributed by atoms with Gasteiger partial charge >= 0.3 is 0 Å². The van der Waals surface area contributed by atoms with Gasteiger partial charge in [0.25, 0.3) is 5.56 Å². The highest BCUT2D eigenvalue weighted by molar-refractivity contribution is 6.32. The molecule has 0 radical (unpaired) electrons. The predicted molar refractivity (Wildman–Crippen MR) is 73.2 cm³/mol. The van der Waals surface area contributed by atoms with E-state index >= 15 is 0 Å². The van der Waals surface area contributed by atoms with Gasteiger partial charge in [-0.05, 0) is 26.7 Å². The summed E-state index contributed by atoms with van der Waals surface area (Å²) in [5.41, 5.74) is -0.125. The van der Waals surface area contributed by atoms with Crippen LogP contribution in [0.25, 0.3) is 0 Å². The van der Waals surface area contributed by atoms with Crippen LogP contribution in [0.1, 0.15) is 33.6 Å². The highest BCUT2D eigenvalue weighted by Gasteiger charge is 2.19. The lowest BCUT2D eigenvalue weighted by molar-refractivity contribution is 0.261. The van der Waals surface area contributed by atoms with Crippen LogP contribution in [0.3, 0.4) is 0 Å². The Kier molecular flexibility index (Phi) is 5.16. The Bertz CT molecular complexity index is 457. The van der Waals surface area contributed by atoms with Crippen molar-refractivity contribution in [3.8, 4) is 0 Å². The largest absolute Gasteiger partial charge is 0.396 e. The summed E-state index contributed by atoms with van der Waals surface area (Å²) in [6, 6.07) is 0. The molecule has 0 unspecified atom stereocenters. The number of aromatic nitrogens is 2. The minimum Gasteiger partial charge on any atom is -0.396 e. The molecule has 1 rings (SSSR count). The lowest BCUT2D eigenvalue weighted by atomic mass is 10.0. The maximum absolute atomic E-state index is 11.9. The van der Waals surface area contributed by atoms with Gasteiger partial charge in [0.05, 0.1) is 11.9 Å². The summed E-state index contributed by atoms with van der Waals surface area (Å²) in [6.07, 6.45) is 2.94. The standard InChI is InChI=1S/C12H20ClN3O2/c1-4-6-16-11(18)10(13)9(8-14-16)15-12(2,3)5-7-17/h8,15,17H,4-7H2,1-3H3. The molecule has 0 aliphatic rings. The molecule has 102 valence electrons. The first kappa shape index (κ1) is 15.0. The second-order valence-electron chi connectivity index (χ2n) is 4.88. The van der Waals surface area contributed by atoms with E-state index in [0.717, 1.165) is 6.42 Å². The molecule has 1 aromatic rings. The Hall–Kier alpha value is -1.07. The minimum atomic E-state index is -0.344. The second kappa shape index (κ2) is 6.20. The minimum absolute atomic E-state index is 0.0674. The van der Waals surface area contributed by atoms with Crippen molar-refractivity contribution in [2.75, 3.05) is 11.9 Å². The quantitative estimate of drug-likeness (QED) is 0.830. The number of nitrogens with one attached hydrogen (secondary N) is 1. The molecule has 0 aliphatic heterocycles. The fourth-order valence-corrected chi connectivity index (χ4v) is 1.82. The molecule has 0 aliphatic carbocycles.